The standard InChI is InChI=1S/C35H35Cl4N3O4S/c1-23-10-14-27(15-11-23)47(45,46)42(31-20-26(36)13-17-29(31)38)22-33(43)41(21-25-12-16-28(37)30(39)18-25)32(34(44)40-35(2,3)4)19-24-8-6-5-7-9-24/h5-18,20,32H,19,21-22H2,1-4H3,(H,40,44). The minimum Gasteiger partial charge on any atom is -0.350 e. The van der Waals surface area contributed by atoms with Gasteiger partial charge < -0.3 is 10.2 Å². The maximum atomic E-state index is 14.6. The summed E-state index contributed by atoms with van der Waals surface area (Å²) in [4.78, 5) is 29.9. The summed E-state index contributed by atoms with van der Waals surface area (Å²) in [5.41, 5.74) is 1.63. The van der Waals surface area contributed by atoms with Gasteiger partial charge in [0, 0.05) is 23.5 Å². The predicted octanol–water partition coefficient (Wildman–Crippen LogP) is 8.36. The zero-order valence-electron chi connectivity index (χ0n) is 26.3. The van der Waals surface area contributed by atoms with Gasteiger partial charge >= 0.3 is 0 Å². The van der Waals surface area contributed by atoms with Crippen LogP contribution >= 0.6 is 46.4 Å². The monoisotopic (exact) mass is 733 g/mol. The molecule has 1 unspecified atom stereocenters. The van der Waals surface area contributed by atoms with Crippen LogP contribution in [0.4, 0.5) is 5.69 Å². The van der Waals surface area contributed by atoms with Crippen molar-refractivity contribution in [3.63, 3.8) is 0 Å². The molecule has 0 spiro atoms. The first-order valence-corrected chi connectivity index (χ1v) is 17.6. The number of benzene rings is 4. The van der Waals surface area contributed by atoms with Crippen molar-refractivity contribution in [2.45, 2.75) is 57.1 Å². The lowest BCUT2D eigenvalue weighted by Crippen LogP contribution is -2.56. The molecule has 2 amide bonds. The molecule has 7 nitrogen and oxygen atoms in total. The number of nitrogens with zero attached hydrogens (tertiary/aromatic N) is 2. The normalized spacial score (nSPS) is 12.3. The summed E-state index contributed by atoms with van der Waals surface area (Å²) in [6.45, 7) is 6.59. The molecule has 4 aromatic carbocycles. The van der Waals surface area contributed by atoms with E-state index < -0.39 is 40.0 Å². The average Bonchev–Trinajstić information content (AvgIpc) is 3.00. The van der Waals surface area contributed by atoms with Gasteiger partial charge in [0.2, 0.25) is 11.8 Å². The first-order chi connectivity index (χ1) is 22.0. The highest BCUT2D eigenvalue weighted by Crippen LogP contribution is 2.34. The number of rotatable bonds is 11. The van der Waals surface area contributed by atoms with Gasteiger partial charge in [-0.2, -0.15) is 0 Å². The summed E-state index contributed by atoms with van der Waals surface area (Å²) in [6.07, 6.45) is 0.151. The Morgan fingerprint density at radius 2 is 1.43 bits per heavy atom. The average molecular weight is 736 g/mol. The van der Waals surface area contributed by atoms with Crippen LogP contribution in [0.1, 0.15) is 37.5 Å². The molecule has 12 heteroatoms. The summed E-state index contributed by atoms with van der Waals surface area (Å²) in [5, 5.41) is 3.88. The Bertz CT molecular complexity index is 1850. The van der Waals surface area contributed by atoms with E-state index in [0.717, 1.165) is 15.4 Å². The van der Waals surface area contributed by atoms with E-state index in [1.165, 1.54) is 35.2 Å². The van der Waals surface area contributed by atoms with Gasteiger partial charge in [0.05, 0.1) is 25.7 Å². The fourth-order valence-electron chi connectivity index (χ4n) is 4.87. The molecule has 47 heavy (non-hydrogen) atoms. The van der Waals surface area contributed by atoms with Gasteiger partial charge in [-0.15, -0.1) is 0 Å². The van der Waals surface area contributed by atoms with Crippen LogP contribution in [0, 0.1) is 6.92 Å². The number of hydrogen-bond donors (Lipinski definition) is 1. The van der Waals surface area contributed by atoms with Crippen molar-refractivity contribution >= 4 is 73.9 Å². The van der Waals surface area contributed by atoms with E-state index in [9.17, 15) is 18.0 Å². The topological polar surface area (TPSA) is 86.8 Å². The molecule has 0 aromatic heterocycles. The van der Waals surface area contributed by atoms with E-state index in [1.807, 2.05) is 58.0 Å². The Hall–Kier alpha value is -3.27. The van der Waals surface area contributed by atoms with Crippen LogP contribution in [-0.4, -0.2) is 43.3 Å². The maximum absolute atomic E-state index is 14.6. The van der Waals surface area contributed by atoms with Gasteiger partial charge in [-0.3, -0.25) is 13.9 Å². The van der Waals surface area contributed by atoms with Crippen molar-refractivity contribution in [1.29, 1.82) is 0 Å². The SMILES string of the molecule is Cc1ccc(S(=O)(=O)N(CC(=O)N(Cc2ccc(Cl)c(Cl)c2)C(Cc2ccccc2)C(=O)NC(C)(C)C)c2cc(Cl)ccc2Cl)cc1. The number of sulfonamides is 1. The molecule has 0 saturated heterocycles. The van der Waals surface area contributed by atoms with Crippen LogP contribution < -0.4 is 9.62 Å². The maximum Gasteiger partial charge on any atom is 0.264 e. The van der Waals surface area contributed by atoms with E-state index in [4.69, 9.17) is 46.4 Å². The van der Waals surface area contributed by atoms with Gasteiger partial charge in [-0.1, -0.05) is 100 Å². The molecule has 0 bridgehead atoms. The van der Waals surface area contributed by atoms with E-state index in [-0.39, 0.29) is 38.6 Å². The number of carbonyl (C=O) groups is 2. The van der Waals surface area contributed by atoms with Crippen LogP contribution in [-0.2, 0) is 32.6 Å². The van der Waals surface area contributed by atoms with Crippen molar-refractivity contribution in [2.75, 3.05) is 10.8 Å². The first-order valence-electron chi connectivity index (χ1n) is 14.7. The largest absolute Gasteiger partial charge is 0.350 e. The minimum atomic E-state index is -4.35. The predicted molar refractivity (Wildman–Crippen MR) is 191 cm³/mol. The van der Waals surface area contributed by atoms with Crippen molar-refractivity contribution in [3.8, 4) is 0 Å². The number of anilines is 1. The van der Waals surface area contributed by atoms with Crippen LogP contribution in [0.25, 0.3) is 0 Å². The van der Waals surface area contributed by atoms with E-state index >= 15 is 0 Å². The third kappa shape index (κ3) is 9.64. The van der Waals surface area contributed by atoms with Gasteiger partial charge in [0.15, 0.2) is 0 Å². The number of aryl methyl sites for hydroxylation is 1. The van der Waals surface area contributed by atoms with Crippen molar-refractivity contribution < 1.29 is 18.0 Å². The lowest BCUT2D eigenvalue weighted by atomic mass is 10.0. The molecule has 0 heterocycles. The fourth-order valence-corrected chi connectivity index (χ4v) is 7.05. The van der Waals surface area contributed by atoms with Gasteiger partial charge in [0.1, 0.15) is 12.6 Å². The summed E-state index contributed by atoms with van der Waals surface area (Å²) >= 11 is 25.4. The molecule has 0 aliphatic rings. The summed E-state index contributed by atoms with van der Waals surface area (Å²) in [6, 6.07) is 23.8. The Labute approximate surface area is 296 Å². The number of halogens is 4. The molecule has 1 atom stereocenters. The van der Waals surface area contributed by atoms with Crippen LogP contribution in [0.15, 0.2) is 95.9 Å². The highest BCUT2D eigenvalue weighted by molar-refractivity contribution is 7.92. The lowest BCUT2D eigenvalue weighted by Gasteiger charge is -2.35. The highest BCUT2D eigenvalue weighted by Gasteiger charge is 2.36. The molecule has 0 aliphatic carbocycles. The number of hydrogen-bond acceptors (Lipinski definition) is 4. The molecule has 4 rings (SSSR count). The second kappa shape index (κ2) is 15.3. The zero-order valence-corrected chi connectivity index (χ0v) is 30.1. The van der Waals surface area contributed by atoms with Gasteiger partial charge in [-0.25, -0.2) is 8.42 Å². The molecular weight excluding hydrogens is 700 g/mol. The van der Waals surface area contributed by atoms with Crippen molar-refractivity contribution in [2.24, 2.45) is 0 Å². The molecule has 248 valence electrons. The fraction of sp³-hybridized carbons (Fsp3) is 0.257. The third-order valence-electron chi connectivity index (χ3n) is 7.17. The number of carbonyl (C=O) groups excluding carboxylic acids is 2. The van der Waals surface area contributed by atoms with Crippen molar-refractivity contribution in [3.05, 3.63) is 128 Å². The van der Waals surface area contributed by atoms with Crippen LogP contribution in [0.3, 0.4) is 0 Å². The van der Waals surface area contributed by atoms with Gasteiger partial charge in [-0.05, 0) is 81.3 Å². The summed E-state index contributed by atoms with van der Waals surface area (Å²) < 4.78 is 29.4. The smallest absolute Gasteiger partial charge is 0.264 e. The molecule has 0 saturated carbocycles. The van der Waals surface area contributed by atoms with Crippen molar-refractivity contribution in [1.82, 2.24) is 10.2 Å². The van der Waals surface area contributed by atoms with Gasteiger partial charge in [0.25, 0.3) is 10.0 Å². The molecule has 1 N–H and O–H groups in total. The quantitative estimate of drug-likeness (QED) is 0.168. The molecule has 4 aromatic rings. The molecule has 0 radical (unpaired) electrons. The Balaban J connectivity index is 1.86. The number of amides is 2. The van der Waals surface area contributed by atoms with Crippen LogP contribution in [0.5, 0.6) is 0 Å². The molecular formula is C35H35Cl4N3O4S. The summed E-state index contributed by atoms with van der Waals surface area (Å²) in [5.74, 6) is -1.07. The van der Waals surface area contributed by atoms with E-state index in [0.29, 0.717) is 10.6 Å². The highest BCUT2D eigenvalue weighted by atomic mass is 35.5. The Morgan fingerprint density at radius 1 is 0.787 bits per heavy atom. The second-order valence-corrected chi connectivity index (χ2v) is 15.7. The van der Waals surface area contributed by atoms with E-state index in [2.05, 4.69) is 5.32 Å². The summed E-state index contributed by atoms with van der Waals surface area (Å²) in [7, 11) is -4.35. The third-order valence-corrected chi connectivity index (χ3v) is 10.2. The first kappa shape index (κ1) is 36.6. The Kier molecular flexibility index (Phi) is 11.9. The van der Waals surface area contributed by atoms with E-state index in [1.54, 1.807) is 30.3 Å². The number of nitrogens with one attached hydrogen (secondary N) is 1. The van der Waals surface area contributed by atoms with Crippen LogP contribution in [0.2, 0.25) is 20.1 Å². The minimum absolute atomic E-state index is 0.0151. The lowest BCUT2D eigenvalue weighted by molar-refractivity contribution is -0.140. The zero-order chi connectivity index (χ0) is 34.5. The Morgan fingerprint density at radius 3 is 2.04 bits per heavy atom. The molecule has 0 fully saturated rings. The molecule has 0 aliphatic heterocycles. The second-order valence-electron chi connectivity index (χ2n) is 12.1.